The molecule has 1 N–H and O–H groups in total. The molecule has 1 atom stereocenters. The van der Waals surface area contributed by atoms with Crippen molar-refractivity contribution in [3.8, 4) is 0 Å². The molecule has 118 valence electrons. The van der Waals surface area contributed by atoms with E-state index in [2.05, 4.69) is 0 Å². The predicted molar refractivity (Wildman–Crippen MR) is 82.1 cm³/mol. The van der Waals surface area contributed by atoms with Gasteiger partial charge in [0.05, 0.1) is 5.41 Å². The minimum absolute atomic E-state index is 0.0351. The van der Waals surface area contributed by atoms with E-state index in [1.54, 1.807) is 13.0 Å². The molecule has 0 aliphatic carbocycles. The minimum atomic E-state index is -3.59. The summed E-state index contributed by atoms with van der Waals surface area (Å²) in [7, 11) is -3.59. The second-order valence-corrected chi connectivity index (χ2v) is 10.1. The maximum absolute atomic E-state index is 12.6. The van der Waals surface area contributed by atoms with Crippen molar-refractivity contribution < 1.29 is 18.3 Å². The molecule has 0 spiro atoms. The van der Waals surface area contributed by atoms with Gasteiger partial charge in [0.2, 0.25) is 0 Å². The first-order valence-electron chi connectivity index (χ1n) is 6.81. The molecule has 2 heterocycles. The van der Waals surface area contributed by atoms with Crippen molar-refractivity contribution in [1.29, 1.82) is 0 Å². The van der Waals surface area contributed by atoms with E-state index >= 15 is 0 Å². The van der Waals surface area contributed by atoms with Gasteiger partial charge in [-0.2, -0.15) is 4.31 Å². The average Bonchev–Trinajstić information content (AvgIpc) is 2.95. The number of carboxylic acids is 1. The molecule has 7 heteroatoms. The van der Waals surface area contributed by atoms with Gasteiger partial charge in [-0.05, 0) is 30.9 Å². The average molecular weight is 331 g/mol. The van der Waals surface area contributed by atoms with Gasteiger partial charge in [-0.1, -0.05) is 20.8 Å². The summed E-state index contributed by atoms with van der Waals surface area (Å²) in [5.41, 5.74) is -1.09. The molecule has 21 heavy (non-hydrogen) atoms. The van der Waals surface area contributed by atoms with Crippen molar-refractivity contribution in [1.82, 2.24) is 4.31 Å². The highest BCUT2D eigenvalue weighted by molar-refractivity contribution is 7.91. The number of thiophene rings is 1. The maximum Gasteiger partial charge on any atom is 0.310 e. The second-order valence-electron chi connectivity index (χ2n) is 6.82. The van der Waals surface area contributed by atoms with E-state index in [4.69, 9.17) is 0 Å². The lowest BCUT2D eigenvalue weighted by atomic mass is 9.90. The number of carbonyl (C=O) groups is 1. The highest BCUT2D eigenvalue weighted by Crippen LogP contribution is 2.37. The van der Waals surface area contributed by atoms with Crippen molar-refractivity contribution in [2.75, 3.05) is 13.1 Å². The molecule has 0 bridgehead atoms. The van der Waals surface area contributed by atoms with E-state index in [-0.39, 0.29) is 18.5 Å². The van der Waals surface area contributed by atoms with Crippen LogP contribution < -0.4 is 0 Å². The van der Waals surface area contributed by atoms with Crippen molar-refractivity contribution in [3.05, 3.63) is 17.0 Å². The van der Waals surface area contributed by atoms with E-state index in [9.17, 15) is 18.3 Å². The van der Waals surface area contributed by atoms with Crippen LogP contribution in [0.4, 0.5) is 0 Å². The second kappa shape index (κ2) is 5.07. The zero-order chi connectivity index (χ0) is 16.1. The van der Waals surface area contributed by atoms with Crippen LogP contribution in [0.25, 0.3) is 0 Å². The Hall–Kier alpha value is -0.920. The van der Waals surface area contributed by atoms with Gasteiger partial charge in [0.15, 0.2) is 0 Å². The topological polar surface area (TPSA) is 74.7 Å². The van der Waals surface area contributed by atoms with Gasteiger partial charge in [-0.15, -0.1) is 11.3 Å². The smallest absolute Gasteiger partial charge is 0.310 e. The van der Waals surface area contributed by atoms with Crippen LogP contribution in [0.15, 0.2) is 16.3 Å². The van der Waals surface area contributed by atoms with E-state index in [1.807, 2.05) is 26.8 Å². The monoisotopic (exact) mass is 331 g/mol. The first-order chi connectivity index (χ1) is 9.47. The van der Waals surface area contributed by atoms with E-state index in [0.29, 0.717) is 10.6 Å². The molecule has 1 aromatic rings. The third-order valence-corrected chi connectivity index (χ3v) is 7.69. The summed E-state index contributed by atoms with van der Waals surface area (Å²) in [5.74, 6) is -0.943. The maximum atomic E-state index is 12.6. The van der Waals surface area contributed by atoms with Gasteiger partial charge in [-0.3, -0.25) is 4.79 Å². The largest absolute Gasteiger partial charge is 0.481 e. The molecule has 1 aliphatic rings. The Morgan fingerprint density at radius 2 is 2.00 bits per heavy atom. The quantitative estimate of drug-likeness (QED) is 0.923. The van der Waals surface area contributed by atoms with Crippen LogP contribution >= 0.6 is 11.3 Å². The fourth-order valence-corrected chi connectivity index (χ4v) is 5.37. The van der Waals surface area contributed by atoms with Crippen molar-refractivity contribution >= 4 is 27.3 Å². The summed E-state index contributed by atoms with van der Waals surface area (Å²) < 4.78 is 26.8. The van der Waals surface area contributed by atoms with Crippen LogP contribution in [0.5, 0.6) is 0 Å². The van der Waals surface area contributed by atoms with Gasteiger partial charge in [0.25, 0.3) is 10.0 Å². The van der Waals surface area contributed by atoms with Crippen LogP contribution in [-0.4, -0.2) is 36.9 Å². The molecule has 0 amide bonds. The van der Waals surface area contributed by atoms with Crippen molar-refractivity contribution in [3.63, 3.8) is 0 Å². The van der Waals surface area contributed by atoms with Crippen LogP contribution in [0.1, 0.15) is 39.0 Å². The Morgan fingerprint density at radius 3 is 2.43 bits per heavy atom. The number of sulfonamides is 1. The van der Waals surface area contributed by atoms with Gasteiger partial charge >= 0.3 is 5.97 Å². The Kier molecular flexibility index (Phi) is 3.97. The Bertz CT molecular complexity index is 657. The van der Waals surface area contributed by atoms with E-state index in [1.165, 1.54) is 15.6 Å². The van der Waals surface area contributed by atoms with Gasteiger partial charge < -0.3 is 5.11 Å². The molecule has 0 saturated carbocycles. The van der Waals surface area contributed by atoms with Gasteiger partial charge in [0.1, 0.15) is 4.21 Å². The predicted octanol–water partition coefficient (Wildman–Crippen LogP) is 2.53. The molecular weight excluding hydrogens is 310 g/mol. The first-order valence-corrected chi connectivity index (χ1v) is 9.06. The molecular formula is C14H21NO4S2. The number of nitrogens with zero attached hydrogens (tertiary/aromatic N) is 1. The number of hydrogen-bond acceptors (Lipinski definition) is 4. The van der Waals surface area contributed by atoms with Crippen LogP contribution in [0.3, 0.4) is 0 Å². The highest BCUT2D eigenvalue weighted by Gasteiger charge is 2.45. The summed E-state index contributed by atoms with van der Waals surface area (Å²) in [6.45, 7) is 7.99. The third kappa shape index (κ3) is 3.00. The van der Waals surface area contributed by atoms with Crippen molar-refractivity contribution in [2.45, 2.75) is 43.7 Å². The lowest BCUT2D eigenvalue weighted by Gasteiger charge is -2.19. The number of carboxylic acid groups (broad SMARTS) is 1. The normalized spacial score (nSPS) is 24.4. The van der Waals surface area contributed by atoms with Crippen molar-refractivity contribution in [2.24, 2.45) is 5.41 Å². The zero-order valence-corrected chi connectivity index (χ0v) is 14.3. The Morgan fingerprint density at radius 1 is 1.38 bits per heavy atom. The Balaban J connectivity index is 2.28. The summed E-state index contributed by atoms with van der Waals surface area (Å²) in [4.78, 5) is 12.3. The molecule has 1 aliphatic heterocycles. The number of hydrogen-bond donors (Lipinski definition) is 1. The van der Waals surface area contributed by atoms with Crippen LogP contribution in [0, 0.1) is 5.41 Å². The van der Waals surface area contributed by atoms with E-state index in [0.717, 1.165) is 4.88 Å². The molecule has 1 saturated heterocycles. The summed E-state index contributed by atoms with van der Waals surface area (Å²) in [6.07, 6.45) is 0.346. The summed E-state index contributed by atoms with van der Waals surface area (Å²) >= 11 is 1.27. The molecule has 2 rings (SSSR count). The molecule has 0 aromatic carbocycles. The molecule has 1 aromatic heterocycles. The first kappa shape index (κ1) is 16.5. The number of rotatable bonds is 3. The standard InChI is InChI=1S/C14H21NO4S2/c1-13(2,3)10-5-6-11(20-10)21(18,19)15-8-7-14(4,9-15)12(16)17/h5-6H,7-9H2,1-4H3,(H,16,17). The Labute approximate surface area is 129 Å². The lowest BCUT2D eigenvalue weighted by molar-refractivity contribution is -0.146. The SMILES string of the molecule is CC1(C(=O)O)CCN(S(=O)(=O)c2ccc(C(C)(C)C)s2)C1. The fourth-order valence-electron chi connectivity index (χ4n) is 2.29. The number of aliphatic carboxylic acids is 1. The summed E-state index contributed by atoms with van der Waals surface area (Å²) in [5, 5.41) is 9.22. The third-order valence-electron chi connectivity index (χ3n) is 3.87. The lowest BCUT2D eigenvalue weighted by Crippen LogP contribution is -2.34. The summed E-state index contributed by atoms with van der Waals surface area (Å²) in [6, 6.07) is 3.46. The fraction of sp³-hybridized carbons (Fsp3) is 0.643. The van der Waals surface area contributed by atoms with E-state index < -0.39 is 21.4 Å². The van der Waals surface area contributed by atoms with Crippen LogP contribution in [0.2, 0.25) is 0 Å². The van der Waals surface area contributed by atoms with Gasteiger partial charge in [-0.25, -0.2) is 8.42 Å². The molecule has 0 radical (unpaired) electrons. The molecule has 5 nitrogen and oxygen atoms in total. The van der Waals surface area contributed by atoms with Crippen LogP contribution in [-0.2, 0) is 20.2 Å². The highest BCUT2D eigenvalue weighted by atomic mass is 32.2. The minimum Gasteiger partial charge on any atom is -0.481 e. The zero-order valence-electron chi connectivity index (χ0n) is 12.7. The molecule has 1 unspecified atom stereocenters. The van der Waals surface area contributed by atoms with Gasteiger partial charge in [0, 0.05) is 18.0 Å². The molecule has 1 fully saturated rings.